The van der Waals surface area contributed by atoms with E-state index in [2.05, 4.69) is 15.0 Å². The number of nitrogens with one attached hydrogen (secondary N) is 1. The van der Waals surface area contributed by atoms with Gasteiger partial charge in [-0.05, 0) is 12.8 Å². The number of carboxylic acids is 1. The molecular formula is C9H10N2O5. The normalized spacial score (nSPS) is 24.2. The lowest BCUT2D eigenvalue weighted by molar-refractivity contribution is -0.150. The van der Waals surface area contributed by atoms with E-state index in [0.717, 1.165) is 0 Å². The fraction of sp³-hybridized carbons (Fsp3) is 0.444. The van der Waals surface area contributed by atoms with Gasteiger partial charge in [-0.2, -0.15) is 0 Å². The predicted molar refractivity (Wildman–Crippen MR) is 50.7 cm³/mol. The molecule has 1 aromatic heterocycles. The van der Waals surface area contributed by atoms with Gasteiger partial charge in [-0.1, -0.05) is 5.16 Å². The van der Waals surface area contributed by atoms with E-state index in [-0.39, 0.29) is 5.82 Å². The average molecular weight is 226 g/mol. The molecule has 1 aliphatic rings. The molecule has 2 unspecified atom stereocenters. The van der Waals surface area contributed by atoms with Crippen LogP contribution < -0.4 is 5.32 Å². The summed E-state index contributed by atoms with van der Waals surface area (Å²) in [7, 11) is 0. The molecule has 1 amide bonds. The molecule has 86 valence electrons. The zero-order valence-corrected chi connectivity index (χ0v) is 8.25. The van der Waals surface area contributed by atoms with Crippen LogP contribution in [0.3, 0.4) is 0 Å². The van der Waals surface area contributed by atoms with E-state index >= 15 is 0 Å². The maximum Gasteiger partial charge on any atom is 0.332 e. The Labute approximate surface area is 90.4 Å². The number of aromatic nitrogens is 1. The number of carbonyl (C=O) groups is 2. The number of hydrogen-bond acceptors (Lipinski definition) is 5. The van der Waals surface area contributed by atoms with Crippen molar-refractivity contribution in [2.45, 2.75) is 25.0 Å². The number of hydrogen-bond donors (Lipinski definition) is 2. The second kappa shape index (κ2) is 4.31. The summed E-state index contributed by atoms with van der Waals surface area (Å²) in [6, 6.07) is 1.49. The first-order chi connectivity index (χ1) is 7.66. The van der Waals surface area contributed by atoms with Gasteiger partial charge in [-0.15, -0.1) is 0 Å². The topological polar surface area (TPSA) is 102 Å². The van der Waals surface area contributed by atoms with Crippen LogP contribution in [0.15, 0.2) is 16.9 Å². The molecule has 2 N–H and O–H groups in total. The van der Waals surface area contributed by atoms with Crippen molar-refractivity contribution in [1.29, 1.82) is 0 Å². The first kappa shape index (κ1) is 10.6. The zero-order valence-electron chi connectivity index (χ0n) is 8.25. The van der Waals surface area contributed by atoms with E-state index < -0.39 is 24.1 Å². The third kappa shape index (κ3) is 2.19. The average Bonchev–Trinajstić information content (AvgIpc) is 2.86. The van der Waals surface area contributed by atoms with Gasteiger partial charge in [-0.25, -0.2) is 4.79 Å². The molecule has 1 fully saturated rings. The van der Waals surface area contributed by atoms with Crippen molar-refractivity contribution in [3.8, 4) is 0 Å². The van der Waals surface area contributed by atoms with Crippen LogP contribution in [-0.4, -0.2) is 34.3 Å². The first-order valence-electron chi connectivity index (χ1n) is 4.76. The fourth-order valence-corrected chi connectivity index (χ4v) is 1.50. The summed E-state index contributed by atoms with van der Waals surface area (Å²) in [5.41, 5.74) is 0. The van der Waals surface area contributed by atoms with Gasteiger partial charge in [0.2, 0.25) is 0 Å². The van der Waals surface area contributed by atoms with Crippen molar-refractivity contribution in [3.05, 3.63) is 12.3 Å². The van der Waals surface area contributed by atoms with E-state index in [0.29, 0.717) is 12.8 Å². The number of carbonyl (C=O) groups excluding carboxylic acids is 1. The van der Waals surface area contributed by atoms with E-state index in [1.54, 1.807) is 0 Å². The van der Waals surface area contributed by atoms with Crippen LogP contribution in [0.1, 0.15) is 12.8 Å². The quantitative estimate of drug-likeness (QED) is 0.765. The maximum atomic E-state index is 11.6. The summed E-state index contributed by atoms with van der Waals surface area (Å²) in [5, 5.41) is 14.6. The van der Waals surface area contributed by atoms with Gasteiger partial charge in [-0.3, -0.25) is 4.79 Å². The second-order valence-corrected chi connectivity index (χ2v) is 3.40. The predicted octanol–water partition coefficient (Wildman–Crippen LogP) is 0.245. The molecular weight excluding hydrogens is 216 g/mol. The standard InChI is InChI=1S/C9H10N2O5/c12-8(10-7-3-4-15-11-7)5-1-2-6(16-5)9(13)14/h3-6H,1-2H2,(H,13,14)(H,10,11,12). The number of nitrogens with zero attached hydrogens (tertiary/aromatic N) is 1. The largest absolute Gasteiger partial charge is 0.479 e. The number of ether oxygens (including phenoxy) is 1. The lowest BCUT2D eigenvalue weighted by Gasteiger charge is -2.09. The minimum Gasteiger partial charge on any atom is -0.479 e. The maximum absolute atomic E-state index is 11.6. The van der Waals surface area contributed by atoms with Gasteiger partial charge in [0.15, 0.2) is 11.9 Å². The molecule has 0 aliphatic carbocycles. The molecule has 2 rings (SSSR count). The Hall–Kier alpha value is -1.89. The van der Waals surface area contributed by atoms with Crippen LogP contribution >= 0.6 is 0 Å². The van der Waals surface area contributed by atoms with Crippen LogP contribution in [0.5, 0.6) is 0 Å². The fourth-order valence-electron chi connectivity index (χ4n) is 1.50. The number of anilines is 1. The molecule has 0 aromatic carbocycles. The Morgan fingerprint density at radius 3 is 2.75 bits per heavy atom. The van der Waals surface area contributed by atoms with Crippen molar-refractivity contribution in [2.75, 3.05) is 5.32 Å². The summed E-state index contributed by atoms with van der Waals surface area (Å²) in [4.78, 5) is 22.2. The Bertz CT molecular complexity index is 389. The SMILES string of the molecule is O=C(O)C1CCC(C(=O)Nc2ccon2)O1. The Morgan fingerprint density at radius 1 is 1.44 bits per heavy atom. The highest BCUT2D eigenvalue weighted by Gasteiger charge is 2.34. The van der Waals surface area contributed by atoms with Crippen LogP contribution in [0.25, 0.3) is 0 Å². The van der Waals surface area contributed by atoms with Crippen LogP contribution in [-0.2, 0) is 14.3 Å². The molecule has 2 atom stereocenters. The summed E-state index contributed by atoms with van der Waals surface area (Å²) >= 11 is 0. The molecule has 2 heterocycles. The lowest BCUT2D eigenvalue weighted by atomic mass is 10.2. The van der Waals surface area contributed by atoms with Gasteiger partial charge in [0.05, 0.1) is 0 Å². The van der Waals surface area contributed by atoms with Crippen molar-refractivity contribution < 1.29 is 24.0 Å². The molecule has 16 heavy (non-hydrogen) atoms. The third-order valence-corrected chi connectivity index (χ3v) is 2.28. The van der Waals surface area contributed by atoms with Gasteiger partial charge in [0, 0.05) is 6.07 Å². The lowest BCUT2D eigenvalue weighted by Crippen LogP contribution is -2.30. The second-order valence-electron chi connectivity index (χ2n) is 3.40. The molecule has 1 aliphatic heterocycles. The Kier molecular flexibility index (Phi) is 2.86. The zero-order chi connectivity index (χ0) is 11.5. The molecule has 1 aromatic rings. The minimum atomic E-state index is -1.04. The number of aliphatic carboxylic acids is 1. The molecule has 0 radical (unpaired) electrons. The molecule has 1 saturated heterocycles. The highest BCUT2D eigenvalue weighted by molar-refractivity contribution is 5.93. The monoisotopic (exact) mass is 226 g/mol. The highest BCUT2D eigenvalue weighted by atomic mass is 16.5. The molecule has 0 saturated carbocycles. The van der Waals surface area contributed by atoms with Gasteiger partial charge in [0.25, 0.3) is 5.91 Å². The van der Waals surface area contributed by atoms with E-state index in [1.165, 1.54) is 12.3 Å². The smallest absolute Gasteiger partial charge is 0.332 e. The number of amides is 1. The van der Waals surface area contributed by atoms with Crippen molar-refractivity contribution in [2.24, 2.45) is 0 Å². The minimum absolute atomic E-state index is 0.285. The van der Waals surface area contributed by atoms with Crippen LogP contribution in [0.2, 0.25) is 0 Å². The summed E-state index contributed by atoms with van der Waals surface area (Å²) < 4.78 is 9.60. The van der Waals surface area contributed by atoms with Gasteiger partial charge in [0.1, 0.15) is 12.4 Å². The van der Waals surface area contributed by atoms with Crippen molar-refractivity contribution in [1.82, 2.24) is 5.16 Å². The molecule has 0 spiro atoms. The highest BCUT2D eigenvalue weighted by Crippen LogP contribution is 2.20. The molecule has 0 bridgehead atoms. The van der Waals surface area contributed by atoms with Gasteiger partial charge >= 0.3 is 5.97 Å². The van der Waals surface area contributed by atoms with E-state index in [1.807, 2.05) is 0 Å². The van der Waals surface area contributed by atoms with Crippen LogP contribution in [0, 0.1) is 0 Å². The van der Waals surface area contributed by atoms with Crippen molar-refractivity contribution >= 4 is 17.7 Å². The molecule has 7 nitrogen and oxygen atoms in total. The summed E-state index contributed by atoms with van der Waals surface area (Å²) in [6.45, 7) is 0. The first-order valence-corrected chi connectivity index (χ1v) is 4.76. The van der Waals surface area contributed by atoms with Gasteiger partial charge < -0.3 is 19.7 Å². The summed E-state index contributed by atoms with van der Waals surface area (Å²) in [6.07, 6.45) is 0.420. The summed E-state index contributed by atoms with van der Waals surface area (Å²) in [5.74, 6) is -1.17. The van der Waals surface area contributed by atoms with Crippen molar-refractivity contribution in [3.63, 3.8) is 0 Å². The third-order valence-electron chi connectivity index (χ3n) is 2.28. The Balaban J connectivity index is 1.90. The molecule has 7 heteroatoms. The van der Waals surface area contributed by atoms with E-state index in [4.69, 9.17) is 9.84 Å². The number of rotatable bonds is 3. The Morgan fingerprint density at radius 2 is 2.19 bits per heavy atom. The van der Waals surface area contributed by atoms with Crippen LogP contribution in [0.4, 0.5) is 5.82 Å². The van der Waals surface area contributed by atoms with E-state index in [9.17, 15) is 9.59 Å². The number of carboxylic acid groups (broad SMARTS) is 1.